The van der Waals surface area contributed by atoms with E-state index < -0.39 is 15.8 Å². The number of aromatic amines is 1. The molecule has 1 atom stereocenters. The van der Waals surface area contributed by atoms with Gasteiger partial charge in [0, 0.05) is 47.7 Å². The molecule has 1 aliphatic heterocycles. The molecule has 1 fully saturated rings. The molecule has 0 radical (unpaired) electrons. The molecule has 9 nitrogen and oxygen atoms in total. The van der Waals surface area contributed by atoms with Gasteiger partial charge in [-0.25, -0.2) is 23.1 Å². The summed E-state index contributed by atoms with van der Waals surface area (Å²) in [4.78, 5) is 10.7. The van der Waals surface area contributed by atoms with Gasteiger partial charge in [0.2, 0.25) is 10.0 Å². The van der Waals surface area contributed by atoms with Crippen LogP contribution < -0.4 is 9.62 Å². The molecule has 1 saturated heterocycles. The summed E-state index contributed by atoms with van der Waals surface area (Å²) in [7, 11) is -3.59. The molecular formula is C16H17N7O2S. The minimum atomic E-state index is -3.59. The van der Waals surface area contributed by atoms with Crippen LogP contribution in [0, 0.1) is 11.3 Å². The number of hydrogen-bond acceptors (Lipinski definition) is 7. The molecule has 0 aromatic carbocycles. The highest BCUT2D eigenvalue weighted by Crippen LogP contribution is 2.31. The monoisotopic (exact) mass is 371 g/mol. The Labute approximate surface area is 150 Å². The van der Waals surface area contributed by atoms with Gasteiger partial charge in [0.05, 0.1) is 12.3 Å². The fourth-order valence-electron chi connectivity index (χ4n) is 3.44. The molecular weight excluding hydrogens is 354 g/mol. The predicted molar refractivity (Wildman–Crippen MR) is 97.0 cm³/mol. The van der Waals surface area contributed by atoms with E-state index in [1.807, 2.05) is 6.07 Å². The normalized spacial score (nSPS) is 18.3. The van der Waals surface area contributed by atoms with Crippen LogP contribution in [-0.4, -0.2) is 53.5 Å². The Morgan fingerprint density at radius 2 is 2.27 bits per heavy atom. The number of nitriles is 1. The number of sulfonamides is 1. The number of nitrogens with zero attached hydrogens (tertiary/aromatic N) is 5. The van der Waals surface area contributed by atoms with Crippen LogP contribution in [0.5, 0.6) is 0 Å². The molecule has 0 saturated carbocycles. The van der Waals surface area contributed by atoms with Crippen molar-refractivity contribution in [2.75, 3.05) is 23.7 Å². The first-order valence-corrected chi connectivity index (χ1v) is 9.91. The lowest BCUT2D eigenvalue weighted by Gasteiger charge is -2.34. The molecule has 3 aromatic heterocycles. The van der Waals surface area contributed by atoms with Crippen molar-refractivity contribution in [3.05, 3.63) is 24.7 Å². The molecule has 4 heterocycles. The summed E-state index contributed by atoms with van der Waals surface area (Å²) in [6, 6.07) is 3.35. The maximum atomic E-state index is 11.9. The minimum absolute atomic E-state index is 0.249. The van der Waals surface area contributed by atoms with Gasteiger partial charge in [0.25, 0.3) is 0 Å². The Morgan fingerprint density at radius 3 is 3.12 bits per heavy atom. The van der Waals surface area contributed by atoms with E-state index in [2.05, 4.69) is 29.8 Å². The van der Waals surface area contributed by atoms with Crippen LogP contribution in [0.25, 0.3) is 21.8 Å². The molecule has 134 valence electrons. The summed E-state index contributed by atoms with van der Waals surface area (Å²) < 4.78 is 26.4. The van der Waals surface area contributed by atoms with Crippen molar-refractivity contribution < 1.29 is 8.42 Å². The largest absolute Gasteiger partial charge is 0.355 e. The van der Waals surface area contributed by atoms with Crippen molar-refractivity contribution in [2.24, 2.45) is 0 Å². The molecule has 3 aromatic rings. The van der Waals surface area contributed by atoms with Gasteiger partial charge in [0.15, 0.2) is 11.4 Å². The first kappa shape index (κ1) is 16.7. The number of anilines is 1. The molecule has 0 bridgehead atoms. The molecule has 0 spiro atoms. The third-order valence-electron chi connectivity index (χ3n) is 4.51. The summed E-state index contributed by atoms with van der Waals surface area (Å²) in [6.45, 7) is 1.28. The van der Waals surface area contributed by atoms with Gasteiger partial charge in [-0.3, -0.25) is 5.10 Å². The number of aromatic nitrogens is 4. The van der Waals surface area contributed by atoms with E-state index in [0.29, 0.717) is 12.2 Å². The number of rotatable bonds is 4. The molecule has 2 N–H and O–H groups in total. The van der Waals surface area contributed by atoms with Crippen molar-refractivity contribution in [1.29, 1.82) is 5.26 Å². The summed E-state index contributed by atoms with van der Waals surface area (Å²) in [5, 5.41) is 18.7. The molecule has 1 unspecified atom stereocenters. The standard InChI is InChI=1S/C16H17N7O2S/c17-4-7-26(24,25)22-12-2-1-6-23(10-12)16-14-11(9-20-21-16)8-19-15-13(14)3-5-18-15/h3,5,8-9,12,21-22H,1-2,6-7,10H2. The van der Waals surface area contributed by atoms with Gasteiger partial charge in [-0.1, -0.05) is 0 Å². The summed E-state index contributed by atoms with van der Waals surface area (Å²) in [5.74, 6) is 0.295. The Balaban J connectivity index is 1.69. The van der Waals surface area contributed by atoms with E-state index in [1.54, 1.807) is 24.7 Å². The zero-order valence-corrected chi connectivity index (χ0v) is 14.7. The second-order valence-electron chi connectivity index (χ2n) is 6.31. The second-order valence-corrected chi connectivity index (χ2v) is 8.06. The summed E-state index contributed by atoms with van der Waals surface area (Å²) in [5.41, 5.74) is 0.668. The van der Waals surface area contributed by atoms with Crippen LogP contribution in [0.1, 0.15) is 12.8 Å². The SMILES string of the molecule is N#CCS(=O)(=O)NC1CCCN(c2[nH]ncc3cnc4nccc4c23)C1. The van der Waals surface area contributed by atoms with Crippen molar-refractivity contribution in [3.63, 3.8) is 0 Å². The quantitative estimate of drug-likeness (QED) is 0.698. The van der Waals surface area contributed by atoms with Crippen molar-refractivity contribution >= 4 is 37.6 Å². The molecule has 26 heavy (non-hydrogen) atoms. The Morgan fingerprint density at radius 1 is 1.38 bits per heavy atom. The maximum Gasteiger partial charge on any atom is 0.225 e. The van der Waals surface area contributed by atoms with Crippen LogP contribution in [0.3, 0.4) is 0 Å². The van der Waals surface area contributed by atoms with Crippen LogP contribution in [-0.2, 0) is 10.0 Å². The number of pyridine rings is 1. The van der Waals surface area contributed by atoms with Crippen LogP contribution >= 0.6 is 0 Å². The van der Waals surface area contributed by atoms with E-state index in [-0.39, 0.29) is 6.04 Å². The Bertz CT molecular complexity index is 1100. The van der Waals surface area contributed by atoms with E-state index in [9.17, 15) is 8.42 Å². The number of hydrogen-bond donors (Lipinski definition) is 2. The van der Waals surface area contributed by atoms with E-state index in [0.717, 1.165) is 41.4 Å². The first-order valence-electron chi connectivity index (χ1n) is 8.26. The van der Waals surface area contributed by atoms with Gasteiger partial charge in [-0.05, 0) is 18.9 Å². The molecule has 0 aliphatic carbocycles. The van der Waals surface area contributed by atoms with Crippen molar-refractivity contribution in [3.8, 4) is 6.07 Å². The average molecular weight is 371 g/mol. The highest BCUT2D eigenvalue weighted by atomic mass is 32.2. The maximum absolute atomic E-state index is 11.9. The molecule has 1 aliphatic rings. The third kappa shape index (κ3) is 3.07. The van der Waals surface area contributed by atoms with Gasteiger partial charge < -0.3 is 4.90 Å². The Kier molecular flexibility index (Phi) is 4.18. The zero-order chi connectivity index (χ0) is 18.1. The smallest absolute Gasteiger partial charge is 0.225 e. The number of piperidine rings is 1. The van der Waals surface area contributed by atoms with Crippen LogP contribution in [0.4, 0.5) is 5.82 Å². The van der Waals surface area contributed by atoms with Crippen molar-refractivity contribution in [2.45, 2.75) is 18.9 Å². The van der Waals surface area contributed by atoms with Gasteiger partial charge in [0.1, 0.15) is 5.82 Å². The van der Waals surface area contributed by atoms with Crippen molar-refractivity contribution in [1.82, 2.24) is 24.9 Å². The zero-order valence-electron chi connectivity index (χ0n) is 13.9. The summed E-state index contributed by atoms with van der Waals surface area (Å²) in [6.07, 6.45) is 6.74. The van der Waals surface area contributed by atoms with E-state index in [4.69, 9.17) is 5.26 Å². The lowest BCUT2D eigenvalue weighted by molar-refractivity contribution is 0.465. The average Bonchev–Trinajstić information content (AvgIpc) is 3.10. The fourth-order valence-corrected chi connectivity index (χ4v) is 4.40. The van der Waals surface area contributed by atoms with Crippen LogP contribution in [0.2, 0.25) is 0 Å². The first-order chi connectivity index (χ1) is 12.6. The van der Waals surface area contributed by atoms with Gasteiger partial charge >= 0.3 is 0 Å². The second kappa shape index (κ2) is 6.51. The summed E-state index contributed by atoms with van der Waals surface area (Å²) >= 11 is 0. The van der Waals surface area contributed by atoms with Gasteiger partial charge in [-0.15, -0.1) is 0 Å². The minimum Gasteiger partial charge on any atom is -0.355 e. The van der Waals surface area contributed by atoms with Gasteiger partial charge in [-0.2, -0.15) is 10.4 Å². The van der Waals surface area contributed by atoms with E-state index in [1.165, 1.54) is 0 Å². The molecule has 0 amide bonds. The third-order valence-corrected chi connectivity index (χ3v) is 5.71. The highest BCUT2D eigenvalue weighted by molar-refractivity contribution is 7.89. The topological polar surface area (TPSA) is 128 Å². The molecule has 4 rings (SSSR count). The fraction of sp³-hybridized carbons (Fsp3) is 0.375. The number of H-pyrrole nitrogens is 1. The predicted octanol–water partition coefficient (Wildman–Crippen LogP) is 0.918. The Hall–Kier alpha value is -2.77. The number of fused-ring (bicyclic) bond motifs is 3. The lowest BCUT2D eigenvalue weighted by Crippen LogP contribution is -2.48. The highest BCUT2D eigenvalue weighted by Gasteiger charge is 2.26. The molecule has 10 heteroatoms. The van der Waals surface area contributed by atoms with E-state index >= 15 is 0 Å². The lowest BCUT2D eigenvalue weighted by atomic mass is 10.1. The van der Waals surface area contributed by atoms with Crippen LogP contribution in [0.15, 0.2) is 24.7 Å². The number of nitrogens with one attached hydrogen (secondary N) is 2.